The van der Waals surface area contributed by atoms with Gasteiger partial charge in [0, 0.05) is 19.0 Å². The lowest BCUT2D eigenvalue weighted by atomic mass is 9.97. The number of carbonyl (C=O) groups is 1. The van der Waals surface area contributed by atoms with Crippen molar-refractivity contribution in [1.82, 2.24) is 9.91 Å². The summed E-state index contributed by atoms with van der Waals surface area (Å²) in [6.45, 7) is 4.10. The number of aliphatic hydroxyl groups excluding tert-OH is 4. The second kappa shape index (κ2) is 14.9. The van der Waals surface area contributed by atoms with E-state index >= 15 is 0 Å². The Morgan fingerprint density at radius 1 is 1.06 bits per heavy atom. The van der Waals surface area contributed by atoms with Crippen LogP contribution in [0.15, 0.2) is 5.29 Å². The molecule has 6 atom stereocenters. The molecule has 2 amide bonds. The molecule has 12 heteroatoms. The number of ether oxygens (including phenoxy) is 2. The summed E-state index contributed by atoms with van der Waals surface area (Å²) >= 11 is 5.62. The van der Waals surface area contributed by atoms with Gasteiger partial charge in [-0.3, -0.25) is 4.90 Å². The molecule has 0 spiro atoms. The first-order valence-corrected chi connectivity index (χ1v) is 11.3. The molecule has 1 aliphatic heterocycles. The minimum Gasteiger partial charge on any atom is -0.387 e. The van der Waals surface area contributed by atoms with E-state index in [1.807, 2.05) is 13.8 Å². The van der Waals surface area contributed by atoms with Crippen molar-refractivity contribution in [3.63, 3.8) is 0 Å². The average Bonchev–Trinajstić information content (AvgIpc) is 2.76. The van der Waals surface area contributed by atoms with Gasteiger partial charge in [0.05, 0.1) is 11.8 Å². The maximum absolute atomic E-state index is 12.8. The zero-order valence-corrected chi connectivity index (χ0v) is 18.9. The molecule has 0 aliphatic carbocycles. The van der Waals surface area contributed by atoms with Crippen molar-refractivity contribution in [2.75, 3.05) is 25.6 Å². The minimum absolute atomic E-state index is 0.0436. The summed E-state index contributed by atoms with van der Waals surface area (Å²) in [5.74, 6) is -0.0436. The van der Waals surface area contributed by atoms with E-state index in [1.165, 1.54) is 0 Å². The third-order valence-electron chi connectivity index (χ3n) is 5.11. The number of alkyl halides is 1. The normalized spacial score (nSPS) is 27.0. The van der Waals surface area contributed by atoms with Crippen molar-refractivity contribution in [3.05, 3.63) is 4.91 Å². The average molecular weight is 470 g/mol. The lowest BCUT2D eigenvalue weighted by Gasteiger charge is -2.44. The Bertz CT molecular complexity index is 532. The Morgan fingerprint density at radius 3 is 2.32 bits per heavy atom. The maximum Gasteiger partial charge on any atom is 0.345 e. The molecule has 0 aromatic carbocycles. The Kier molecular flexibility index (Phi) is 13.4. The molecule has 11 nitrogen and oxygen atoms in total. The number of halogens is 1. The topological polar surface area (TPSA) is 152 Å². The van der Waals surface area contributed by atoms with E-state index in [1.54, 1.807) is 0 Å². The van der Waals surface area contributed by atoms with Crippen molar-refractivity contribution < 1.29 is 34.7 Å². The predicted octanol–water partition coefficient (Wildman–Crippen LogP) is 1.15. The van der Waals surface area contributed by atoms with Gasteiger partial charge in [0.1, 0.15) is 24.4 Å². The van der Waals surface area contributed by atoms with Crippen molar-refractivity contribution in [2.45, 2.75) is 89.3 Å². The summed E-state index contributed by atoms with van der Waals surface area (Å²) in [6.07, 6.45) is -4.75. The third-order valence-corrected chi connectivity index (χ3v) is 5.28. The molecule has 1 aliphatic rings. The van der Waals surface area contributed by atoms with Crippen LogP contribution in [0.5, 0.6) is 0 Å². The summed E-state index contributed by atoms with van der Waals surface area (Å²) in [4.78, 5) is 24.9. The molecule has 0 bridgehead atoms. The van der Waals surface area contributed by atoms with Crippen LogP contribution in [0.1, 0.15) is 52.4 Å². The SMILES string of the molecule is CCCCCCN(C(=O)N(CCCl)N=O)C(O)[C@H]1O[C@H](OCCCC)[C@H](O)[C@@H](O)[C@@H]1O. The highest BCUT2D eigenvalue weighted by Crippen LogP contribution is 2.26. The smallest absolute Gasteiger partial charge is 0.345 e. The van der Waals surface area contributed by atoms with E-state index in [-0.39, 0.29) is 25.6 Å². The van der Waals surface area contributed by atoms with Crippen LogP contribution in [0, 0.1) is 4.91 Å². The molecule has 31 heavy (non-hydrogen) atoms. The Balaban J connectivity index is 3.02. The monoisotopic (exact) mass is 469 g/mol. The fourth-order valence-electron chi connectivity index (χ4n) is 3.23. The van der Waals surface area contributed by atoms with Gasteiger partial charge < -0.3 is 29.9 Å². The first-order chi connectivity index (χ1) is 14.8. The van der Waals surface area contributed by atoms with Crippen LogP contribution in [-0.2, 0) is 9.47 Å². The van der Waals surface area contributed by atoms with Crippen LogP contribution >= 0.6 is 11.6 Å². The molecule has 0 aromatic rings. The van der Waals surface area contributed by atoms with Crippen molar-refractivity contribution in [1.29, 1.82) is 0 Å². The molecule has 4 N–H and O–H groups in total. The maximum atomic E-state index is 12.8. The molecule has 1 unspecified atom stereocenters. The second-order valence-electron chi connectivity index (χ2n) is 7.51. The number of hydrogen-bond donors (Lipinski definition) is 4. The number of nitrogens with zero attached hydrogens (tertiary/aromatic N) is 3. The summed E-state index contributed by atoms with van der Waals surface area (Å²) < 4.78 is 11.0. The van der Waals surface area contributed by atoms with E-state index < -0.39 is 43.0 Å². The van der Waals surface area contributed by atoms with Crippen LogP contribution in [0.2, 0.25) is 0 Å². The lowest BCUT2D eigenvalue weighted by Crippen LogP contribution is -2.65. The minimum atomic E-state index is -1.73. The number of urea groups is 1. The Morgan fingerprint density at radius 2 is 1.74 bits per heavy atom. The fraction of sp³-hybridized carbons (Fsp3) is 0.947. The van der Waals surface area contributed by atoms with Gasteiger partial charge in [-0.05, 0) is 12.8 Å². The number of hydrogen-bond acceptors (Lipinski definition) is 9. The van der Waals surface area contributed by atoms with Gasteiger partial charge in [0.15, 0.2) is 12.5 Å². The van der Waals surface area contributed by atoms with Gasteiger partial charge in [0.25, 0.3) is 0 Å². The number of unbranched alkanes of at least 4 members (excludes halogenated alkanes) is 4. The predicted molar refractivity (Wildman–Crippen MR) is 113 cm³/mol. The Labute approximate surface area is 187 Å². The number of nitroso groups, excluding NO2 is 1. The van der Waals surface area contributed by atoms with Gasteiger partial charge in [-0.25, -0.2) is 4.79 Å². The zero-order chi connectivity index (χ0) is 23.4. The van der Waals surface area contributed by atoms with E-state index in [0.29, 0.717) is 17.9 Å². The highest BCUT2D eigenvalue weighted by Gasteiger charge is 2.49. The van der Waals surface area contributed by atoms with Crippen molar-refractivity contribution in [3.8, 4) is 0 Å². The quantitative estimate of drug-likeness (QED) is 0.0971. The number of amides is 2. The standard InChI is InChI=1S/C19H36ClN3O8/c1-3-5-7-8-10-22(19(28)23(21-29)11-9-20)17(27)16-14(25)13(24)15(26)18(31-16)30-12-6-4-2/h13-18,24-27H,3-12H2,1-2H3/t13-,14-,15+,16-,17?,18-/m0/s1. The van der Waals surface area contributed by atoms with Crippen LogP contribution in [-0.4, -0.2) is 98.9 Å². The van der Waals surface area contributed by atoms with Gasteiger partial charge >= 0.3 is 6.03 Å². The first kappa shape index (κ1) is 28.0. The summed E-state index contributed by atoms with van der Waals surface area (Å²) in [7, 11) is 0. The molecular weight excluding hydrogens is 434 g/mol. The largest absolute Gasteiger partial charge is 0.387 e. The van der Waals surface area contributed by atoms with Gasteiger partial charge in [-0.15, -0.1) is 16.5 Å². The zero-order valence-electron chi connectivity index (χ0n) is 18.2. The van der Waals surface area contributed by atoms with E-state index in [9.17, 15) is 30.1 Å². The van der Waals surface area contributed by atoms with Crippen LogP contribution in [0.4, 0.5) is 4.79 Å². The van der Waals surface area contributed by atoms with E-state index in [0.717, 1.165) is 30.6 Å². The van der Waals surface area contributed by atoms with Gasteiger partial charge in [-0.1, -0.05) is 39.5 Å². The van der Waals surface area contributed by atoms with Crippen LogP contribution in [0.25, 0.3) is 0 Å². The van der Waals surface area contributed by atoms with E-state index in [2.05, 4.69) is 5.29 Å². The number of carbonyl (C=O) groups excluding carboxylic acids is 1. The molecule has 182 valence electrons. The Hall–Kier alpha value is -1.08. The molecule has 1 saturated heterocycles. The molecule has 1 fully saturated rings. The first-order valence-electron chi connectivity index (χ1n) is 10.8. The lowest BCUT2D eigenvalue weighted by molar-refractivity contribution is -0.318. The summed E-state index contributed by atoms with van der Waals surface area (Å²) in [6, 6.07) is -0.903. The summed E-state index contributed by atoms with van der Waals surface area (Å²) in [5.41, 5.74) is 0. The number of aliphatic hydroxyl groups is 4. The van der Waals surface area contributed by atoms with Gasteiger partial charge in [-0.2, -0.15) is 5.01 Å². The highest BCUT2D eigenvalue weighted by molar-refractivity contribution is 6.18. The number of rotatable bonds is 14. The highest BCUT2D eigenvalue weighted by atomic mass is 35.5. The molecule has 1 heterocycles. The van der Waals surface area contributed by atoms with Gasteiger partial charge in [0.2, 0.25) is 0 Å². The van der Waals surface area contributed by atoms with Crippen LogP contribution < -0.4 is 0 Å². The molecule has 0 radical (unpaired) electrons. The van der Waals surface area contributed by atoms with Crippen molar-refractivity contribution in [2.24, 2.45) is 5.29 Å². The fourth-order valence-corrected chi connectivity index (χ4v) is 3.39. The molecular formula is C19H36ClN3O8. The van der Waals surface area contributed by atoms with Crippen molar-refractivity contribution >= 4 is 17.6 Å². The summed E-state index contributed by atoms with van der Waals surface area (Å²) in [5, 5.41) is 44.9. The third kappa shape index (κ3) is 8.08. The van der Waals surface area contributed by atoms with Crippen LogP contribution in [0.3, 0.4) is 0 Å². The molecule has 0 aromatic heterocycles. The molecule has 0 saturated carbocycles. The molecule has 1 rings (SSSR count). The van der Waals surface area contributed by atoms with E-state index in [4.69, 9.17) is 21.1 Å². The second-order valence-corrected chi connectivity index (χ2v) is 7.89.